The Labute approximate surface area is 332 Å². The van der Waals surface area contributed by atoms with Crippen LogP contribution in [0.15, 0.2) is 94.7 Å². The molecule has 1 aliphatic rings. The topological polar surface area (TPSA) is 98.7 Å². The van der Waals surface area contributed by atoms with Crippen LogP contribution < -0.4 is 10.6 Å². The molecule has 0 aromatic heterocycles. The molecule has 8 heteroatoms. The molecule has 0 radical (unpaired) electrons. The van der Waals surface area contributed by atoms with E-state index >= 15 is 0 Å². The number of phenols is 2. The monoisotopic (exact) mass is 768 g/mol. The summed E-state index contributed by atoms with van der Waals surface area (Å²) >= 11 is 3.66. The Bertz CT molecular complexity index is 1780. The second-order valence-corrected chi connectivity index (χ2v) is 22.4. The molecule has 4 N–H and O–H groups in total. The average Bonchev–Trinajstić information content (AvgIpc) is 3.35. The molecule has 290 valence electrons. The Balaban J connectivity index is 0.000000284. The number of phenolic OH excluding ortho intramolecular Hbond substituents is 2. The van der Waals surface area contributed by atoms with E-state index in [1.54, 1.807) is 0 Å². The number of hydrogen-bond acceptors (Lipinski definition) is 6. The van der Waals surface area contributed by atoms with Gasteiger partial charge in [-0.25, -0.2) is 4.79 Å². The minimum Gasteiger partial charge on any atom is -0.507 e. The van der Waals surface area contributed by atoms with E-state index < -0.39 is 11.6 Å². The molecule has 1 saturated heterocycles. The van der Waals surface area contributed by atoms with Gasteiger partial charge in [-0.05, 0) is 70.9 Å². The number of amides is 3. The zero-order valence-corrected chi connectivity index (χ0v) is 36.2. The zero-order valence-electron chi connectivity index (χ0n) is 34.6. The highest BCUT2D eigenvalue weighted by atomic mass is 32.2. The summed E-state index contributed by atoms with van der Waals surface area (Å²) in [6.07, 6.45) is 0. The van der Waals surface area contributed by atoms with E-state index in [9.17, 15) is 19.8 Å². The van der Waals surface area contributed by atoms with Gasteiger partial charge in [-0.2, -0.15) is 0 Å². The van der Waals surface area contributed by atoms with Crippen molar-refractivity contribution in [3.63, 3.8) is 0 Å². The lowest BCUT2D eigenvalue weighted by atomic mass is 9.79. The van der Waals surface area contributed by atoms with Crippen molar-refractivity contribution in [2.45, 2.75) is 138 Å². The summed E-state index contributed by atoms with van der Waals surface area (Å²) in [4.78, 5) is 26.2. The Morgan fingerprint density at radius 1 is 0.500 bits per heavy atom. The van der Waals surface area contributed by atoms with Crippen LogP contribution in [0.4, 0.5) is 4.79 Å². The first-order chi connectivity index (χ1) is 24.7. The molecule has 0 aliphatic carbocycles. The van der Waals surface area contributed by atoms with Crippen molar-refractivity contribution in [3.8, 4) is 11.5 Å². The number of aromatic hydroxyl groups is 2. The van der Waals surface area contributed by atoms with E-state index in [1.165, 1.54) is 9.79 Å². The van der Waals surface area contributed by atoms with Gasteiger partial charge in [0.05, 0.1) is 4.08 Å². The minimum absolute atomic E-state index is 0.155. The number of carbonyl (C=O) groups is 2. The van der Waals surface area contributed by atoms with E-state index in [1.807, 2.05) is 84.2 Å². The normalized spacial score (nSPS) is 14.9. The van der Waals surface area contributed by atoms with Gasteiger partial charge in [0.25, 0.3) is 5.91 Å². The molecule has 4 aromatic rings. The van der Waals surface area contributed by atoms with Crippen LogP contribution in [0.3, 0.4) is 0 Å². The molecule has 3 amide bonds. The molecule has 54 heavy (non-hydrogen) atoms. The lowest BCUT2D eigenvalue weighted by Crippen LogP contribution is -2.44. The molecule has 6 nitrogen and oxygen atoms in total. The van der Waals surface area contributed by atoms with Gasteiger partial charge >= 0.3 is 6.03 Å². The van der Waals surface area contributed by atoms with Crippen molar-refractivity contribution in [3.05, 3.63) is 118 Å². The number of nitrogens with one attached hydrogen (secondary N) is 2. The van der Waals surface area contributed by atoms with E-state index in [0.29, 0.717) is 11.5 Å². The van der Waals surface area contributed by atoms with Gasteiger partial charge in [-0.1, -0.05) is 144 Å². The molecule has 0 bridgehead atoms. The summed E-state index contributed by atoms with van der Waals surface area (Å²) < 4.78 is -0.164. The molecule has 0 spiro atoms. The number of hydrogen-bond donors (Lipinski definition) is 4. The SMILES string of the molecule is CC(C)(Sc1cc(C(C)(C)C)c(O)c(C(C)(C)C)c1)Sc1cc(C(C)(C)C)c(O)c(C(C)(C)C)c1.O=C1NC(=O)C(c2ccccc2)(c2ccccc2)N1. The number of urea groups is 1. The maximum Gasteiger partial charge on any atom is 0.322 e. The lowest BCUT2D eigenvalue weighted by Gasteiger charge is -2.31. The quantitative estimate of drug-likeness (QED) is 0.0886. The molecule has 0 atom stereocenters. The average molecular weight is 769 g/mol. The molecule has 1 heterocycles. The highest BCUT2D eigenvalue weighted by molar-refractivity contribution is 8.18. The third-order valence-corrected chi connectivity index (χ3v) is 11.8. The molecule has 1 aliphatic heterocycles. The summed E-state index contributed by atoms with van der Waals surface area (Å²) in [5, 5.41) is 27.3. The molecule has 5 rings (SSSR count). The van der Waals surface area contributed by atoms with Gasteiger partial charge in [0.2, 0.25) is 0 Å². The van der Waals surface area contributed by atoms with Gasteiger partial charge in [-0.15, -0.1) is 23.5 Å². The van der Waals surface area contributed by atoms with Crippen LogP contribution in [0, 0.1) is 0 Å². The van der Waals surface area contributed by atoms with Crippen LogP contribution in [-0.4, -0.2) is 26.2 Å². The Morgan fingerprint density at radius 2 is 0.796 bits per heavy atom. The van der Waals surface area contributed by atoms with E-state index in [0.717, 1.165) is 33.4 Å². The molecule has 4 aromatic carbocycles. The smallest absolute Gasteiger partial charge is 0.322 e. The van der Waals surface area contributed by atoms with Crippen molar-refractivity contribution in [2.75, 3.05) is 0 Å². The molecule has 0 saturated carbocycles. The van der Waals surface area contributed by atoms with Gasteiger partial charge in [0.15, 0.2) is 5.54 Å². The number of imide groups is 1. The van der Waals surface area contributed by atoms with Crippen LogP contribution in [-0.2, 0) is 32.0 Å². The van der Waals surface area contributed by atoms with Gasteiger partial charge < -0.3 is 15.5 Å². The number of benzene rings is 4. The highest BCUT2D eigenvalue weighted by Crippen LogP contribution is 2.51. The standard InChI is InChI=1S/C31H48O2S2.C15H12N2O2/c1-27(2,3)21-15-19(16-22(25(21)32)28(4,5)6)34-31(13,14)35-20-17-23(29(7,8)9)26(33)24(18-20)30(10,11)12;18-13-15(17-14(19)16-13,11-7-3-1-4-8-11)12-9-5-2-6-10-12/h15-18,32-33H,1-14H3;1-10H,(H2,16,17,18,19). The first kappa shape index (κ1) is 42.9. The summed E-state index contributed by atoms with van der Waals surface area (Å²) in [7, 11) is 0. The van der Waals surface area contributed by atoms with E-state index in [-0.39, 0.29) is 31.6 Å². The predicted molar refractivity (Wildman–Crippen MR) is 227 cm³/mol. The molecule has 0 unspecified atom stereocenters. The first-order valence-electron chi connectivity index (χ1n) is 18.6. The third kappa shape index (κ3) is 9.67. The summed E-state index contributed by atoms with van der Waals surface area (Å²) in [6.45, 7) is 30.4. The highest BCUT2D eigenvalue weighted by Gasteiger charge is 2.49. The fourth-order valence-corrected chi connectivity index (χ4v) is 9.20. The summed E-state index contributed by atoms with van der Waals surface area (Å²) in [5.74, 6) is 0.487. The minimum atomic E-state index is -1.14. The molecular weight excluding hydrogens is 709 g/mol. The lowest BCUT2D eigenvalue weighted by molar-refractivity contribution is -0.122. The van der Waals surface area contributed by atoms with E-state index in [2.05, 4.69) is 132 Å². The van der Waals surface area contributed by atoms with Crippen molar-refractivity contribution < 1.29 is 19.8 Å². The Morgan fingerprint density at radius 3 is 1.04 bits per heavy atom. The maximum atomic E-state index is 12.3. The fourth-order valence-electron chi connectivity index (χ4n) is 6.61. The fraction of sp³-hybridized carbons (Fsp3) is 0.435. The van der Waals surface area contributed by atoms with Gasteiger partial charge in [-0.3, -0.25) is 10.1 Å². The van der Waals surface area contributed by atoms with Crippen molar-refractivity contribution in [1.82, 2.24) is 10.6 Å². The van der Waals surface area contributed by atoms with Crippen LogP contribution in [0.25, 0.3) is 0 Å². The predicted octanol–water partition coefficient (Wildman–Crippen LogP) is 11.7. The Hall–Kier alpha value is -3.88. The van der Waals surface area contributed by atoms with Crippen LogP contribution >= 0.6 is 23.5 Å². The van der Waals surface area contributed by atoms with Gasteiger partial charge in [0, 0.05) is 32.0 Å². The second kappa shape index (κ2) is 15.3. The molecular formula is C46H60N2O4S2. The van der Waals surface area contributed by atoms with Crippen molar-refractivity contribution in [1.29, 1.82) is 0 Å². The van der Waals surface area contributed by atoms with Crippen LogP contribution in [0.1, 0.15) is 130 Å². The van der Waals surface area contributed by atoms with Gasteiger partial charge in [0.1, 0.15) is 11.5 Å². The zero-order chi connectivity index (χ0) is 40.7. The van der Waals surface area contributed by atoms with E-state index in [4.69, 9.17) is 0 Å². The number of carbonyl (C=O) groups excluding carboxylic acids is 2. The number of rotatable bonds is 6. The van der Waals surface area contributed by atoms with Crippen molar-refractivity contribution in [2.24, 2.45) is 0 Å². The summed E-state index contributed by atoms with van der Waals surface area (Å²) in [5.41, 5.74) is 3.68. The van der Waals surface area contributed by atoms with Crippen molar-refractivity contribution >= 4 is 35.5 Å². The Kier molecular flexibility index (Phi) is 12.2. The maximum absolute atomic E-state index is 12.3. The largest absolute Gasteiger partial charge is 0.507 e. The summed E-state index contributed by atoms with van der Waals surface area (Å²) in [6, 6.07) is 26.6. The third-order valence-electron chi connectivity index (χ3n) is 9.41. The van der Waals surface area contributed by atoms with Crippen LogP contribution in [0.5, 0.6) is 11.5 Å². The first-order valence-corrected chi connectivity index (χ1v) is 20.2. The number of thioether (sulfide) groups is 2. The molecule has 1 fully saturated rings. The van der Waals surface area contributed by atoms with Crippen LogP contribution in [0.2, 0.25) is 0 Å². The second-order valence-electron chi connectivity index (χ2n) is 18.7.